The zero-order valence-corrected chi connectivity index (χ0v) is 9.98. The molecule has 0 aliphatic carbocycles. The fourth-order valence-corrected chi connectivity index (χ4v) is 1.92. The van der Waals surface area contributed by atoms with E-state index < -0.39 is 24.6 Å². The summed E-state index contributed by atoms with van der Waals surface area (Å²) in [5.41, 5.74) is 1.05. The molecule has 1 aliphatic heterocycles. The number of benzene rings is 1. The van der Waals surface area contributed by atoms with E-state index >= 15 is 0 Å². The summed E-state index contributed by atoms with van der Waals surface area (Å²) in [5, 5.41) is 28.1. The first-order chi connectivity index (χ1) is 8.66. The highest BCUT2D eigenvalue weighted by Crippen LogP contribution is 2.19. The van der Waals surface area contributed by atoms with E-state index in [1.54, 1.807) is 0 Å². The lowest BCUT2D eigenvalue weighted by Crippen LogP contribution is -2.49. The Balaban J connectivity index is 1.74. The monoisotopic (exact) mass is 254 g/mol. The lowest BCUT2D eigenvalue weighted by Gasteiger charge is -2.34. The summed E-state index contributed by atoms with van der Waals surface area (Å²) in [7, 11) is 0. The van der Waals surface area contributed by atoms with Gasteiger partial charge in [-0.2, -0.15) is 0 Å². The van der Waals surface area contributed by atoms with E-state index in [4.69, 9.17) is 9.47 Å². The molecule has 5 heteroatoms. The van der Waals surface area contributed by atoms with Crippen LogP contribution in [-0.2, 0) is 16.1 Å². The van der Waals surface area contributed by atoms with Crippen molar-refractivity contribution in [1.29, 1.82) is 0 Å². The molecule has 0 amide bonds. The predicted octanol–water partition coefficient (Wildman–Crippen LogP) is 0.0323. The van der Waals surface area contributed by atoms with E-state index in [1.165, 1.54) is 0 Å². The maximum absolute atomic E-state index is 9.49. The highest BCUT2D eigenvalue weighted by Gasteiger charge is 2.35. The van der Waals surface area contributed by atoms with Crippen molar-refractivity contribution in [2.75, 3.05) is 6.61 Å². The Morgan fingerprint density at radius 1 is 1.17 bits per heavy atom. The van der Waals surface area contributed by atoms with Gasteiger partial charge in [-0.25, -0.2) is 0 Å². The Morgan fingerprint density at radius 3 is 2.56 bits per heavy atom. The van der Waals surface area contributed by atoms with Crippen molar-refractivity contribution in [3.05, 3.63) is 35.9 Å². The Hall–Kier alpha value is -0.980. The van der Waals surface area contributed by atoms with Crippen LogP contribution in [0.15, 0.2) is 30.3 Å². The van der Waals surface area contributed by atoms with Crippen LogP contribution < -0.4 is 0 Å². The molecule has 0 saturated carbocycles. The fraction of sp³-hybridized carbons (Fsp3) is 0.538. The molecule has 1 aromatic carbocycles. The SMILES string of the molecule is O[C@@H]1[C@H](O)C[C@H](COCc2ccccc2)O[C@H]1O. The minimum absolute atomic E-state index is 0.257. The average molecular weight is 254 g/mol. The van der Waals surface area contributed by atoms with Gasteiger partial charge in [-0.3, -0.25) is 0 Å². The van der Waals surface area contributed by atoms with E-state index in [0.717, 1.165) is 5.56 Å². The van der Waals surface area contributed by atoms with Gasteiger partial charge >= 0.3 is 0 Å². The Morgan fingerprint density at radius 2 is 1.89 bits per heavy atom. The molecule has 0 radical (unpaired) electrons. The van der Waals surface area contributed by atoms with Crippen molar-refractivity contribution in [1.82, 2.24) is 0 Å². The predicted molar refractivity (Wildman–Crippen MR) is 63.6 cm³/mol. The maximum atomic E-state index is 9.49. The van der Waals surface area contributed by atoms with Crippen molar-refractivity contribution < 1.29 is 24.8 Å². The summed E-state index contributed by atoms with van der Waals surface area (Å²) >= 11 is 0. The average Bonchev–Trinajstić information content (AvgIpc) is 2.37. The van der Waals surface area contributed by atoms with Gasteiger partial charge in [0.1, 0.15) is 6.10 Å². The third kappa shape index (κ3) is 3.51. The van der Waals surface area contributed by atoms with Crippen molar-refractivity contribution in [2.45, 2.75) is 37.6 Å². The molecule has 18 heavy (non-hydrogen) atoms. The van der Waals surface area contributed by atoms with E-state index in [2.05, 4.69) is 0 Å². The minimum atomic E-state index is -1.35. The summed E-state index contributed by atoms with van der Waals surface area (Å²) in [6, 6.07) is 9.70. The van der Waals surface area contributed by atoms with Crippen LogP contribution >= 0.6 is 0 Å². The highest BCUT2D eigenvalue weighted by atomic mass is 16.6. The van der Waals surface area contributed by atoms with Crippen LogP contribution in [0.4, 0.5) is 0 Å². The van der Waals surface area contributed by atoms with Gasteiger partial charge in [0.2, 0.25) is 0 Å². The van der Waals surface area contributed by atoms with Crippen LogP contribution in [0.2, 0.25) is 0 Å². The molecule has 0 spiro atoms. The molecule has 1 saturated heterocycles. The van der Waals surface area contributed by atoms with Crippen LogP contribution in [0.3, 0.4) is 0 Å². The van der Waals surface area contributed by atoms with Crippen LogP contribution in [0.5, 0.6) is 0 Å². The fourth-order valence-electron chi connectivity index (χ4n) is 1.92. The molecular formula is C13H18O5. The number of aliphatic hydroxyl groups excluding tert-OH is 3. The van der Waals surface area contributed by atoms with Gasteiger partial charge in [-0.1, -0.05) is 30.3 Å². The Bertz CT molecular complexity index is 344. The highest BCUT2D eigenvalue weighted by molar-refractivity contribution is 5.13. The number of hydrogen-bond acceptors (Lipinski definition) is 5. The van der Waals surface area contributed by atoms with Gasteiger partial charge in [-0.15, -0.1) is 0 Å². The summed E-state index contributed by atoms with van der Waals surface area (Å²) in [6.07, 6.45) is -3.71. The van der Waals surface area contributed by atoms with E-state index in [1.807, 2.05) is 30.3 Å². The van der Waals surface area contributed by atoms with Gasteiger partial charge in [0.25, 0.3) is 0 Å². The number of aliphatic hydroxyl groups is 3. The second kappa shape index (κ2) is 6.26. The standard InChI is InChI=1S/C13H18O5/c14-11-6-10(18-13(16)12(11)15)8-17-7-9-4-2-1-3-5-9/h1-5,10-16H,6-8H2/t10-,11-,12-,13-/m1/s1. The largest absolute Gasteiger partial charge is 0.390 e. The van der Waals surface area contributed by atoms with Crippen LogP contribution in [0.1, 0.15) is 12.0 Å². The zero-order chi connectivity index (χ0) is 13.0. The normalized spacial score (nSPS) is 32.4. The third-order valence-corrected chi connectivity index (χ3v) is 2.94. The zero-order valence-electron chi connectivity index (χ0n) is 9.98. The summed E-state index contributed by atoms with van der Waals surface area (Å²) < 4.78 is 10.6. The summed E-state index contributed by atoms with van der Waals surface area (Å²) in [6.45, 7) is 0.727. The molecular weight excluding hydrogens is 236 g/mol. The van der Waals surface area contributed by atoms with Crippen molar-refractivity contribution in [2.24, 2.45) is 0 Å². The molecule has 1 aliphatic rings. The van der Waals surface area contributed by atoms with Crippen LogP contribution in [-0.4, -0.2) is 46.5 Å². The molecule has 0 bridgehead atoms. The van der Waals surface area contributed by atoms with E-state index in [9.17, 15) is 15.3 Å². The molecule has 2 rings (SSSR count). The molecule has 3 N–H and O–H groups in total. The van der Waals surface area contributed by atoms with Crippen LogP contribution in [0.25, 0.3) is 0 Å². The van der Waals surface area contributed by atoms with Gasteiger partial charge in [0, 0.05) is 6.42 Å². The second-order valence-corrected chi connectivity index (χ2v) is 4.44. The molecule has 0 aromatic heterocycles. The molecule has 1 aromatic rings. The first kappa shape index (κ1) is 13.5. The van der Waals surface area contributed by atoms with Gasteiger partial charge < -0.3 is 24.8 Å². The Kier molecular flexibility index (Phi) is 4.68. The lowest BCUT2D eigenvalue weighted by atomic mass is 10.0. The minimum Gasteiger partial charge on any atom is -0.390 e. The van der Waals surface area contributed by atoms with Crippen molar-refractivity contribution >= 4 is 0 Å². The smallest absolute Gasteiger partial charge is 0.183 e. The second-order valence-electron chi connectivity index (χ2n) is 4.44. The topological polar surface area (TPSA) is 79.2 Å². The van der Waals surface area contributed by atoms with E-state index in [-0.39, 0.29) is 13.0 Å². The number of hydrogen-bond donors (Lipinski definition) is 3. The third-order valence-electron chi connectivity index (χ3n) is 2.94. The summed E-state index contributed by atoms with van der Waals surface area (Å²) in [4.78, 5) is 0. The molecule has 100 valence electrons. The van der Waals surface area contributed by atoms with Crippen LogP contribution in [0, 0.1) is 0 Å². The maximum Gasteiger partial charge on any atom is 0.183 e. The molecule has 5 nitrogen and oxygen atoms in total. The molecule has 1 heterocycles. The Labute approximate surface area is 106 Å². The number of rotatable bonds is 4. The van der Waals surface area contributed by atoms with E-state index in [0.29, 0.717) is 6.61 Å². The molecule has 1 fully saturated rings. The molecule has 0 unspecified atom stereocenters. The van der Waals surface area contributed by atoms with Crippen molar-refractivity contribution in [3.63, 3.8) is 0 Å². The lowest BCUT2D eigenvalue weighted by molar-refractivity contribution is -0.254. The van der Waals surface area contributed by atoms with Gasteiger partial charge in [-0.05, 0) is 5.56 Å². The first-order valence-corrected chi connectivity index (χ1v) is 5.98. The first-order valence-electron chi connectivity index (χ1n) is 5.98. The number of ether oxygens (including phenoxy) is 2. The quantitative estimate of drug-likeness (QED) is 0.706. The van der Waals surface area contributed by atoms with Crippen molar-refractivity contribution in [3.8, 4) is 0 Å². The summed E-state index contributed by atoms with van der Waals surface area (Å²) in [5.74, 6) is 0. The van der Waals surface area contributed by atoms with Gasteiger partial charge in [0.15, 0.2) is 6.29 Å². The van der Waals surface area contributed by atoms with Gasteiger partial charge in [0.05, 0.1) is 25.4 Å². The molecule has 4 atom stereocenters.